The minimum Gasteiger partial charge on any atom is -0.195 e. The molecule has 0 aliphatic carbocycles. The van der Waals surface area contributed by atoms with Crippen molar-refractivity contribution < 1.29 is 30.7 Å². The molecule has 0 aromatic heterocycles. The first kappa shape index (κ1) is 12.5. The van der Waals surface area contributed by atoms with Crippen molar-refractivity contribution in [3.05, 3.63) is 11.6 Å². The standard InChI is InChI=1S/C5H2ClF7/c6-2-1-3(7,8)4(9,10)5(11,12)13/h1-2H. The SMILES string of the molecule is FC(F)(F)C(F)(F)C(F)(F)C=CCl. The van der Waals surface area contributed by atoms with Crippen molar-refractivity contribution in [3.63, 3.8) is 0 Å². The average Bonchev–Trinajstić information content (AvgIpc) is 1.84. The molecular formula is C5H2ClF7. The van der Waals surface area contributed by atoms with Gasteiger partial charge in [0.25, 0.3) is 0 Å². The van der Waals surface area contributed by atoms with Crippen molar-refractivity contribution in [1.82, 2.24) is 0 Å². The van der Waals surface area contributed by atoms with Gasteiger partial charge >= 0.3 is 18.0 Å². The first-order valence-electron chi connectivity index (χ1n) is 2.66. The van der Waals surface area contributed by atoms with Crippen LogP contribution in [0.3, 0.4) is 0 Å². The molecule has 0 aliphatic heterocycles. The molecule has 0 spiro atoms. The molecule has 0 N–H and O–H groups in total. The summed E-state index contributed by atoms with van der Waals surface area (Å²) in [4.78, 5) is 0. The van der Waals surface area contributed by atoms with E-state index >= 15 is 0 Å². The lowest BCUT2D eigenvalue weighted by Crippen LogP contribution is -2.50. The third-order valence-corrected chi connectivity index (χ3v) is 1.17. The Kier molecular flexibility index (Phi) is 3.24. The van der Waals surface area contributed by atoms with Crippen molar-refractivity contribution in [2.24, 2.45) is 0 Å². The molecule has 0 fully saturated rings. The van der Waals surface area contributed by atoms with Crippen LogP contribution in [0.2, 0.25) is 0 Å². The van der Waals surface area contributed by atoms with Crippen molar-refractivity contribution in [2.45, 2.75) is 18.0 Å². The van der Waals surface area contributed by atoms with E-state index in [9.17, 15) is 30.7 Å². The summed E-state index contributed by atoms with van der Waals surface area (Å²) in [5.74, 6) is -11.5. The maximum Gasteiger partial charge on any atom is 0.460 e. The Balaban J connectivity index is 5.03. The molecule has 8 heteroatoms. The molecule has 0 aliphatic rings. The third-order valence-electron chi connectivity index (χ3n) is 1.05. The fraction of sp³-hybridized carbons (Fsp3) is 0.600. The van der Waals surface area contributed by atoms with Gasteiger partial charge in [0.2, 0.25) is 0 Å². The molecule has 13 heavy (non-hydrogen) atoms. The second kappa shape index (κ2) is 3.36. The summed E-state index contributed by atoms with van der Waals surface area (Å²) in [5, 5.41) is 0. The summed E-state index contributed by atoms with van der Waals surface area (Å²) in [6, 6.07) is 0. The summed E-state index contributed by atoms with van der Waals surface area (Å²) in [5.41, 5.74) is -0.0976. The Bertz CT molecular complexity index is 203. The van der Waals surface area contributed by atoms with Gasteiger partial charge in [-0.1, -0.05) is 11.6 Å². The van der Waals surface area contributed by atoms with Gasteiger partial charge in [-0.25, -0.2) is 0 Å². The normalized spacial score (nSPS) is 15.4. The van der Waals surface area contributed by atoms with Crippen molar-refractivity contribution in [1.29, 1.82) is 0 Å². The van der Waals surface area contributed by atoms with E-state index in [4.69, 9.17) is 0 Å². The molecule has 0 saturated heterocycles. The molecule has 0 amide bonds. The zero-order valence-electron chi connectivity index (χ0n) is 5.68. The van der Waals surface area contributed by atoms with Crippen LogP contribution < -0.4 is 0 Å². The molecule has 0 unspecified atom stereocenters. The Labute approximate surface area is 73.0 Å². The molecule has 78 valence electrons. The molecule has 0 rings (SSSR count). The van der Waals surface area contributed by atoms with Gasteiger partial charge in [0.1, 0.15) is 0 Å². The number of rotatable bonds is 2. The summed E-state index contributed by atoms with van der Waals surface area (Å²) in [7, 11) is 0. The Morgan fingerprint density at radius 1 is 0.846 bits per heavy atom. The van der Waals surface area contributed by atoms with Crippen LogP contribution in [0.15, 0.2) is 11.6 Å². The fourth-order valence-corrected chi connectivity index (χ4v) is 0.531. The van der Waals surface area contributed by atoms with E-state index in [0.29, 0.717) is 0 Å². The highest BCUT2D eigenvalue weighted by Gasteiger charge is 2.71. The summed E-state index contributed by atoms with van der Waals surface area (Å²) in [6.45, 7) is 0. The predicted molar refractivity (Wildman–Crippen MR) is 30.9 cm³/mol. The topological polar surface area (TPSA) is 0 Å². The Hall–Kier alpha value is -0.460. The summed E-state index contributed by atoms with van der Waals surface area (Å²) < 4.78 is 82.0. The zero-order chi connectivity index (χ0) is 10.9. The fourth-order valence-electron chi connectivity index (χ4n) is 0.373. The van der Waals surface area contributed by atoms with E-state index in [1.807, 2.05) is 0 Å². The van der Waals surface area contributed by atoms with Crippen LogP contribution in [0.25, 0.3) is 0 Å². The number of halogens is 8. The molecule has 0 bridgehead atoms. The van der Waals surface area contributed by atoms with E-state index in [0.717, 1.165) is 0 Å². The maximum absolute atomic E-state index is 12.1. The van der Waals surface area contributed by atoms with Crippen molar-refractivity contribution in [2.75, 3.05) is 0 Å². The number of allylic oxidation sites excluding steroid dienone is 1. The lowest BCUT2D eigenvalue weighted by atomic mass is 10.1. The van der Waals surface area contributed by atoms with E-state index in [2.05, 4.69) is 11.6 Å². The van der Waals surface area contributed by atoms with Gasteiger partial charge in [-0.2, -0.15) is 30.7 Å². The van der Waals surface area contributed by atoms with E-state index in [1.165, 1.54) is 0 Å². The number of hydrogen-bond acceptors (Lipinski definition) is 0. The second-order valence-electron chi connectivity index (χ2n) is 1.99. The van der Waals surface area contributed by atoms with Crippen LogP contribution in [0.1, 0.15) is 0 Å². The zero-order valence-corrected chi connectivity index (χ0v) is 6.43. The molecule has 0 saturated carbocycles. The van der Waals surface area contributed by atoms with Gasteiger partial charge < -0.3 is 0 Å². The highest BCUT2D eigenvalue weighted by molar-refractivity contribution is 6.25. The smallest absolute Gasteiger partial charge is 0.195 e. The molecule has 0 nitrogen and oxygen atoms in total. The highest BCUT2D eigenvalue weighted by Crippen LogP contribution is 2.47. The Morgan fingerprint density at radius 3 is 1.46 bits per heavy atom. The van der Waals surface area contributed by atoms with Crippen LogP contribution in [0, 0.1) is 0 Å². The lowest BCUT2D eigenvalue weighted by Gasteiger charge is -2.25. The van der Waals surface area contributed by atoms with E-state index < -0.39 is 24.1 Å². The predicted octanol–water partition coefficient (Wildman–Crippen LogP) is 3.57. The third kappa shape index (κ3) is 2.26. The maximum atomic E-state index is 12.1. The van der Waals surface area contributed by atoms with Gasteiger partial charge in [0.15, 0.2) is 0 Å². The summed E-state index contributed by atoms with van der Waals surface area (Å²) >= 11 is 4.48. The van der Waals surface area contributed by atoms with Gasteiger partial charge in [-0.15, -0.1) is 0 Å². The van der Waals surface area contributed by atoms with Crippen molar-refractivity contribution in [3.8, 4) is 0 Å². The molecule has 0 heterocycles. The van der Waals surface area contributed by atoms with Crippen LogP contribution in [-0.4, -0.2) is 18.0 Å². The first-order chi connectivity index (χ1) is 5.56. The van der Waals surface area contributed by atoms with Gasteiger partial charge in [-0.05, 0) is 0 Å². The molecule has 0 aromatic carbocycles. The molecule has 0 radical (unpaired) electrons. The second-order valence-corrected chi connectivity index (χ2v) is 2.24. The van der Waals surface area contributed by atoms with Gasteiger partial charge in [0.05, 0.1) is 0 Å². The van der Waals surface area contributed by atoms with Crippen LogP contribution in [0.5, 0.6) is 0 Å². The van der Waals surface area contributed by atoms with Crippen LogP contribution in [0.4, 0.5) is 30.7 Å². The minimum absolute atomic E-state index is 0.0976. The van der Waals surface area contributed by atoms with E-state index in [-0.39, 0.29) is 5.54 Å². The minimum atomic E-state index is -6.31. The van der Waals surface area contributed by atoms with Crippen LogP contribution >= 0.6 is 11.6 Å². The molecule has 0 aromatic rings. The van der Waals surface area contributed by atoms with Crippen LogP contribution in [-0.2, 0) is 0 Å². The molecular weight excluding hydrogens is 228 g/mol. The first-order valence-corrected chi connectivity index (χ1v) is 3.10. The van der Waals surface area contributed by atoms with Crippen molar-refractivity contribution >= 4 is 11.6 Å². The quantitative estimate of drug-likeness (QED) is 0.636. The summed E-state index contributed by atoms with van der Waals surface area (Å²) in [6.07, 6.45) is -7.03. The number of alkyl halides is 7. The Morgan fingerprint density at radius 2 is 1.23 bits per heavy atom. The van der Waals surface area contributed by atoms with E-state index in [1.54, 1.807) is 0 Å². The van der Waals surface area contributed by atoms with Gasteiger partial charge in [0, 0.05) is 11.6 Å². The average molecular weight is 231 g/mol. The lowest BCUT2D eigenvalue weighted by molar-refractivity contribution is -0.341. The largest absolute Gasteiger partial charge is 0.460 e. The van der Waals surface area contributed by atoms with Gasteiger partial charge in [-0.3, -0.25) is 0 Å². The monoisotopic (exact) mass is 230 g/mol. The molecule has 0 atom stereocenters. The highest BCUT2D eigenvalue weighted by atomic mass is 35.5. The number of hydrogen-bond donors (Lipinski definition) is 0.